The molecule has 1 N–H and O–H groups in total. The van der Waals surface area contributed by atoms with Crippen molar-refractivity contribution in [3.05, 3.63) is 94.8 Å². The number of nitrogens with one attached hydrogen (secondary N) is 1. The second-order valence-electron chi connectivity index (χ2n) is 8.74. The second-order valence-corrected chi connectivity index (χ2v) is 8.74. The van der Waals surface area contributed by atoms with Gasteiger partial charge in [-0.3, -0.25) is 4.98 Å². The van der Waals surface area contributed by atoms with Crippen LogP contribution in [0.5, 0.6) is 0 Å². The van der Waals surface area contributed by atoms with Crippen molar-refractivity contribution in [1.29, 1.82) is 0 Å². The van der Waals surface area contributed by atoms with Gasteiger partial charge in [-0.2, -0.15) is 0 Å². The first-order valence-corrected chi connectivity index (χ1v) is 10.8. The van der Waals surface area contributed by atoms with Crippen LogP contribution in [0, 0.1) is 0 Å². The first-order valence-electron chi connectivity index (χ1n) is 10.8. The molecular formula is C27H34N2. The molecule has 0 aliphatic heterocycles. The van der Waals surface area contributed by atoms with Gasteiger partial charge in [0.05, 0.1) is 11.7 Å². The lowest BCUT2D eigenvalue weighted by Gasteiger charge is -2.28. The second kappa shape index (κ2) is 9.26. The number of benzene rings is 2. The van der Waals surface area contributed by atoms with Crippen LogP contribution in [-0.4, -0.2) is 4.98 Å². The van der Waals surface area contributed by atoms with Crippen molar-refractivity contribution in [1.82, 2.24) is 4.98 Å². The molecule has 3 rings (SSSR count). The summed E-state index contributed by atoms with van der Waals surface area (Å²) in [5.41, 5.74) is 7.69. The lowest BCUT2D eigenvalue weighted by atomic mass is 9.88. The van der Waals surface area contributed by atoms with E-state index < -0.39 is 0 Å². The maximum Gasteiger partial charge on any atom is 0.0942 e. The van der Waals surface area contributed by atoms with Gasteiger partial charge in [-0.25, -0.2) is 0 Å². The Labute approximate surface area is 176 Å². The Morgan fingerprint density at radius 3 is 1.62 bits per heavy atom. The summed E-state index contributed by atoms with van der Waals surface area (Å²) in [6.07, 6.45) is 1.89. The van der Waals surface area contributed by atoms with Crippen LogP contribution in [0.4, 0.5) is 5.69 Å². The standard InChI is InChI=1S/C27H34N2/c1-18(2)21-12-7-8-13-24(21)27(25-16-9-10-17-28-25)29-26-22(19(3)4)14-11-15-23(26)20(5)6/h7-20,27,29H,1-6H3. The molecule has 0 fully saturated rings. The summed E-state index contributed by atoms with van der Waals surface area (Å²) in [6, 6.07) is 21.6. The predicted molar refractivity (Wildman–Crippen MR) is 125 cm³/mol. The Morgan fingerprint density at radius 1 is 0.586 bits per heavy atom. The van der Waals surface area contributed by atoms with Gasteiger partial charge in [0.15, 0.2) is 0 Å². The highest BCUT2D eigenvalue weighted by Gasteiger charge is 2.23. The predicted octanol–water partition coefficient (Wildman–Crippen LogP) is 7.65. The molecule has 3 aromatic rings. The molecule has 1 unspecified atom stereocenters. The fourth-order valence-electron chi connectivity index (χ4n) is 4.02. The van der Waals surface area contributed by atoms with Crippen molar-refractivity contribution in [2.45, 2.75) is 65.3 Å². The average Bonchev–Trinajstić information content (AvgIpc) is 2.72. The van der Waals surface area contributed by atoms with Gasteiger partial charge < -0.3 is 5.32 Å². The first kappa shape index (κ1) is 21.1. The minimum Gasteiger partial charge on any atom is -0.372 e. The molecule has 1 aromatic heterocycles. The maximum absolute atomic E-state index is 4.74. The minimum atomic E-state index is 0.00667. The third-order valence-corrected chi connectivity index (χ3v) is 5.57. The summed E-state index contributed by atoms with van der Waals surface area (Å²) in [4.78, 5) is 4.74. The van der Waals surface area contributed by atoms with Crippen LogP contribution in [0.2, 0.25) is 0 Å². The quantitative estimate of drug-likeness (QED) is 0.451. The molecule has 0 radical (unpaired) electrons. The lowest BCUT2D eigenvalue weighted by molar-refractivity contribution is 0.788. The third-order valence-electron chi connectivity index (χ3n) is 5.57. The van der Waals surface area contributed by atoms with Gasteiger partial charge in [0.1, 0.15) is 0 Å². The molecule has 2 heteroatoms. The molecule has 0 bridgehead atoms. The van der Waals surface area contributed by atoms with E-state index in [0.29, 0.717) is 17.8 Å². The van der Waals surface area contributed by atoms with E-state index in [9.17, 15) is 0 Å². The average molecular weight is 387 g/mol. The molecule has 2 nitrogen and oxygen atoms in total. The number of aromatic nitrogens is 1. The van der Waals surface area contributed by atoms with Crippen molar-refractivity contribution in [3.8, 4) is 0 Å². The van der Waals surface area contributed by atoms with E-state index in [2.05, 4.69) is 101 Å². The van der Waals surface area contributed by atoms with Gasteiger partial charge in [0, 0.05) is 11.9 Å². The van der Waals surface area contributed by atoms with Gasteiger partial charge >= 0.3 is 0 Å². The van der Waals surface area contributed by atoms with Crippen LogP contribution in [0.25, 0.3) is 0 Å². The SMILES string of the molecule is CC(C)c1ccccc1C(Nc1c(C(C)C)cccc1C(C)C)c1ccccn1. The minimum absolute atomic E-state index is 0.00667. The molecule has 2 aromatic carbocycles. The number of hydrogen-bond acceptors (Lipinski definition) is 2. The highest BCUT2D eigenvalue weighted by Crippen LogP contribution is 2.38. The van der Waals surface area contributed by atoms with Gasteiger partial charge in [0.25, 0.3) is 0 Å². The summed E-state index contributed by atoms with van der Waals surface area (Å²) >= 11 is 0. The molecular weight excluding hydrogens is 352 g/mol. The van der Waals surface area contributed by atoms with Crippen LogP contribution in [0.15, 0.2) is 66.9 Å². The van der Waals surface area contributed by atoms with Crippen LogP contribution in [0.1, 0.15) is 93.3 Å². The molecule has 0 amide bonds. The van der Waals surface area contributed by atoms with Crippen LogP contribution < -0.4 is 5.32 Å². The lowest BCUT2D eigenvalue weighted by Crippen LogP contribution is -2.18. The summed E-state index contributed by atoms with van der Waals surface area (Å²) in [5.74, 6) is 1.34. The Kier molecular flexibility index (Phi) is 6.74. The van der Waals surface area contributed by atoms with Crippen LogP contribution in [0.3, 0.4) is 0 Å². The number of hydrogen-bond donors (Lipinski definition) is 1. The molecule has 29 heavy (non-hydrogen) atoms. The topological polar surface area (TPSA) is 24.9 Å². The van der Waals surface area contributed by atoms with Gasteiger partial charge in [-0.1, -0.05) is 90.1 Å². The summed E-state index contributed by atoms with van der Waals surface area (Å²) in [5, 5.41) is 3.94. The highest BCUT2D eigenvalue weighted by atomic mass is 15.0. The molecule has 0 aliphatic carbocycles. The van der Waals surface area contributed by atoms with Gasteiger partial charge in [-0.15, -0.1) is 0 Å². The summed E-state index contributed by atoms with van der Waals surface area (Å²) in [7, 11) is 0. The maximum atomic E-state index is 4.74. The van der Waals surface area contributed by atoms with E-state index in [0.717, 1.165) is 5.69 Å². The first-order chi connectivity index (χ1) is 13.9. The van der Waals surface area contributed by atoms with E-state index >= 15 is 0 Å². The largest absolute Gasteiger partial charge is 0.372 e. The smallest absolute Gasteiger partial charge is 0.0942 e. The number of para-hydroxylation sites is 1. The number of anilines is 1. The number of nitrogens with zero attached hydrogens (tertiary/aromatic N) is 1. The van der Waals surface area contributed by atoms with Gasteiger partial charge in [-0.05, 0) is 52.1 Å². The van der Waals surface area contributed by atoms with Crippen LogP contribution in [-0.2, 0) is 0 Å². The zero-order chi connectivity index (χ0) is 21.0. The molecule has 0 spiro atoms. The van der Waals surface area contributed by atoms with E-state index in [-0.39, 0.29) is 6.04 Å². The van der Waals surface area contributed by atoms with Crippen molar-refractivity contribution in [2.24, 2.45) is 0 Å². The third kappa shape index (κ3) is 4.70. The Hall–Kier alpha value is -2.61. The molecule has 0 saturated heterocycles. The van der Waals surface area contributed by atoms with Crippen molar-refractivity contribution in [2.75, 3.05) is 5.32 Å². The zero-order valence-electron chi connectivity index (χ0n) is 18.6. The number of pyridine rings is 1. The zero-order valence-corrected chi connectivity index (χ0v) is 18.6. The number of rotatable bonds is 7. The monoisotopic (exact) mass is 386 g/mol. The Morgan fingerprint density at radius 2 is 1.10 bits per heavy atom. The van der Waals surface area contributed by atoms with E-state index in [4.69, 9.17) is 4.98 Å². The molecule has 1 heterocycles. The fraction of sp³-hybridized carbons (Fsp3) is 0.370. The summed E-state index contributed by atoms with van der Waals surface area (Å²) in [6.45, 7) is 13.6. The van der Waals surface area contributed by atoms with Crippen molar-refractivity contribution in [3.63, 3.8) is 0 Å². The van der Waals surface area contributed by atoms with E-state index in [1.54, 1.807) is 0 Å². The van der Waals surface area contributed by atoms with E-state index in [1.165, 1.54) is 27.9 Å². The summed E-state index contributed by atoms with van der Waals surface area (Å²) < 4.78 is 0. The normalized spacial score (nSPS) is 12.6. The Balaban J connectivity index is 2.19. The molecule has 0 saturated carbocycles. The highest BCUT2D eigenvalue weighted by molar-refractivity contribution is 5.62. The van der Waals surface area contributed by atoms with Crippen molar-refractivity contribution < 1.29 is 0 Å². The molecule has 0 aliphatic rings. The fourth-order valence-corrected chi connectivity index (χ4v) is 4.02. The molecule has 1 atom stereocenters. The Bertz CT molecular complexity index is 900. The van der Waals surface area contributed by atoms with Crippen LogP contribution >= 0.6 is 0 Å². The van der Waals surface area contributed by atoms with E-state index in [1.807, 2.05) is 12.3 Å². The van der Waals surface area contributed by atoms with Crippen molar-refractivity contribution >= 4 is 5.69 Å². The van der Waals surface area contributed by atoms with Gasteiger partial charge in [0.2, 0.25) is 0 Å². The molecule has 152 valence electrons.